The first-order valence-electron chi connectivity index (χ1n) is 12.0. The molecule has 1 amide bonds. The number of aliphatic imine (C=N–C) groups is 1. The van der Waals surface area contributed by atoms with Crippen molar-refractivity contribution in [3.8, 4) is 6.19 Å². The standard InChI is InChI=1S/C26H28F2N6O2S/c1-17(36-20-10-11-20)24(35)34-26(18-7-4-3-5-8-18,13-6-14-31-25(30-2)32-16-29)37-23(33-34)21-15-19(27)9-12-22(21)28/h3-5,7-9,12,15,17,20H,6,10-11,13-14H2,1-2H3,(H2,30,31,32). The molecule has 194 valence electrons. The van der Waals surface area contributed by atoms with Gasteiger partial charge in [-0.15, -0.1) is 0 Å². The van der Waals surface area contributed by atoms with Gasteiger partial charge in [-0.05, 0) is 56.4 Å². The maximum atomic E-state index is 14.8. The van der Waals surface area contributed by atoms with Crippen molar-refractivity contribution in [3.05, 3.63) is 71.3 Å². The molecule has 2 aromatic carbocycles. The number of carbonyl (C=O) groups excluding carboxylic acids is 1. The van der Waals surface area contributed by atoms with Crippen LogP contribution in [0, 0.1) is 23.1 Å². The summed E-state index contributed by atoms with van der Waals surface area (Å²) in [5, 5.41) is 20.6. The van der Waals surface area contributed by atoms with Crippen molar-refractivity contribution in [2.75, 3.05) is 13.6 Å². The first kappa shape index (κ1) is 26.6. The van der Waals surface area contributed by atoms with Crippen molar-refractivity contribution in [2.45, 2.75) is 49.7 Å². The number of benzene rings is 2. The van der Waals surface area contributed by atoms with Crippen molar-refractivity contribution in [1.82, 2.24) is 15.6 Å². The molecule has 0 spiro atoms. The van der Waals surface area contributed by atoms with Gasteiger partial charge >= 0.3 is 0 Å². The van der Waals surface area contributed by atoms with Gasteiger partial charge in [0, 0.05) is 19.2 Å². The smallest absolute Gasteiger partial charge is 0.273 e. The summed E-state index contributed by atoms with van der Waals surface area (Å²) in [5.41, 5.74) is 0.787. The monoisotopic (exact) mass is 526 g/mol. The van der Waals surface area contributed by atoms with Crippen molar-refractivity contribution in [1.29, 1.82) is 5.26 Å². The van der Waals surface area contributed by atoms with E-state index < -0.39 is 22.6 Å². The van der Waals surface area contributed by atoms with Gasteiger partial charge in [0.05, 0.1) is 6.10 Å². The number of rotatable bonds is 9. The lowest BCUT2D eigenvalue weighted by Gasteiger charge is -2.37. The van der Waals surface area contributed by atoms with Crippen LogP contribution in [0.4, 0.5) is 8.78 Å². The van der Waals surface area contributed by atoms with E-state index in [1.807, 2.05) is 36.5 Å². The highest BCUT2D eigenvalue weighted by atomic mass is 32.2. The number of nitrogens with one attached hydrogen (secondary N) is 2. The third kappa shape index (κ3) is 6.09. The second kappa shape index (κ2) is 11.7. The fourth-order valence-electron chi connectivity index (χ4n) is 4.06. The maximum Gasteiger partial charge on any atom is 0.273 e. The number of nitriles is 1. The molecule has 1 fully saturated rings. The van der Waals surface area contributed by atoms with Gasteiger partial charge in [0.15, 0.2) is 6.19 Å². The lowest BCUT2D eigenvalue weighted by Crippen LogP contribution is -2.46. The Hall–Kier alpha value is -3.49. The van der Waals surface area contributed by atoms with Crippen LogP contribution in [-0.4, -0.2) is 47.7 Å². The lowest BCUT2D eigenvalue weighted by molar-refractivity contribution is -0.147. The molecule has 2 aliphatic rings. The van der Waals surface area contributed by atoms with Crippen LogP contribution in [0.3, 0.4) is 0 Å². The van der Waals surface area contributed by atoms with Crippen LogP contribution in [-0.2, 0) is 14.4 Å². The van der Waals surface area contributed by atoms with Gasteiger partial charge in [-0.3, -0.25) is 15.1 Å². The number of amides is 1. The third-order valence-corrected chi connectivity index (χ3v) is 7.49. The Kier molecular flexibility index (Phi) is 8.41. The molecule has 1 aliphatic carbocycles. The van der Waals surface area contributed by atoms with Gasteiger partial charge in [-0.1, -0.05) is 42.1 Å². The zero-order valence-electron chi connectivity index (χ0n) is 20.6. The molecule has 2 unspecified atom stereocenters. The predicted octanol–water partition coefficient (Wildman–Crippen LogP) is 4.05. The second-order valence-corrected chi connectivity index (χ2v) is 10.0. The van der Waals surface area contributed by atoms with Crippen molar-refractivity contribution in [3.63, 3.8) is 0 Å². The zero-order chi connectivity index (χ0) is 26.4. The van der Waals surface area contributed by atoms with E-state index in [4.69, 9.17) is 10.00 Å². The van der Waals surface area contributed by atoms with Gasteiger partial charge in [-0.2, -0.15) is 10.4 Å². The van der Waals surface area contributed by atoms with E-state index in [1.54, 1.807) is 14.0 Å². The van der Waals surface area contributed by atoms with E-state index in [9.17, 15) is 13.6 Å². The number of nitrogens with zero attached hydrogens (tertiary/aromatic N) is 4. The molecule has 2 aromatic rings. The number of halogens is 2. The van der Waals surface area contributed by atoms with Gasteiger partial charge in [0.25, 0.3) is 5.91 Å². The molecule has 11 heteroatoms. The molecule has 0 saturated heterocycles. The summed E-state index contributed by atoms with van der Waals surface area (Å²) in [6, 6.07) is 12.6. The minimum absolute atomic E-state index is 0.00637. The Bertz CT molecular complexity index is 1230. The number of hydrazone groups is 1. The molecule has 1 aliphatic heterocycles. The largest absolute Gasteiger partial charge is 0.365 e. The van der Waals surface area contributed by atoms with Gasteiger partial charge in [-0.25, -0.2) is 13.8 Å². The van der Waals surface area contributed by atoms with Crippen LogP contribution in [0.15, 0.2) is 58.6 Å². The fraction of sp³-hybridized carbons (Fsp3) is 0.385. The highest BCUT2D eigenvalue weighted by Gasteiger charge is 2.50. The molecule has 2 N–H and O–H groups in total. The van der Waals surface area contributed by atoms with E-state index in [0.717, 1.165) is 36.6 Å². The molecule has 0 radical (unpaired) electrons. The Morgan fingerprint density at radius 3 is 2.76 bits per heavy atom. The topological polar surface area (TPSA) is 102 Å². The third-order valence-electron chi connectivity index (χ3n) is 6.04. The van der Waals surface area contributed by atoms with E-state index in [0.29, 0.717) is 25.3 Å². The number of ether oxygens (including phenoxy) is 1. The predicted molar refractivity (Wildman–Crippen MR) is 138 cm³/mol. The molecule has 1 saturated carbocycles. The first-order chi connectivity index (χ1) is 17.9. The van der Waals surface area contributed by atoms with Crippen molar-refractivity contribution in [2.24, 2.45) is 10.1 Å². The number of thioether (sulfide) groups is 1. The number of carbonyl (C=O) groups is 1. The van der Waals surface area contributed by atoms with E-state index in [2.05, 4.69) is 20.7 Å². The highest BCUT2D eigenvalue weighted by molar-refractivity contribution is 8.15. The van der Waals surface area contributed by atoms with E-state index in [1.165, 1.54) is 16.8 Å². The molecule has 1 heterocycles. The number of guanidine groups is 1. The minimum Gasteiger partial charge on any atom is -0.365 e. The molecule has 0 bridgehead atoms. The summed E-state index contributed by atoms with van der Waals surface area (Å²) in [7, 11) is 1.56. The second-order valence-electron chi connectivity index (χ2n) is 8.75. The summed E-state index contributed by atoms with van der Waals surface area (Å²) in [5.74, 6) is -1.25. The van der Waals surface area contributed by atoms with Crippen molar-refractivity contribution >= 4 is 28.7 Å². The normalized spacial score (nSPS) is 20.2. The van der Waals surface area contributed by atoms with Crippen LogP contribution in [0.25, 0.3) is 0 Å². The molecule has 37 heavy (non-hydrogen) atoms. The summed E-state index contributed by atoms with van der Waals surface area (Å²) in [4.78, 5) is 16.7. The molecular formula is C26H28F2N6O2S. The van der Waals surface area contributed by atoms with Gasteiger partial charge in [0.1, 0.15) is 27.7 Å². The number of hydrogen-bond acceptors (Lipinski definition) is 6. The summed E-state index contributed by atoms with van der Waals surface area (Å²) in [6.07, 6.45) is 3.90. The van der Waals surface area contributed by atoms with Crippen LogP contribution >= 0.6 is 11.8 Å². The Morgan fingerprint density at radius 1 is 1.32 bits per heavy atom. The van der Waals surface area contributed by atoms with Crippen LogP contribution in [0.1, 0.15) is 43.7 Å². The van der Waals surface area contributed by atoms with E-state index in [-0.39, 0.29) is 22.6 Å². The minimum atomic E-state index is -1.03. The van der Waals surface area contributed by atoms with Crippen LogP contribution < -0.4 is 10.6 Å². The molecule has 4 rings (SSSR count). The van der Waals surface area contributed by atoms with Crippen LogP contribution in [0.5, 0.6) is 0 Å². The lowest BCUT2D eigenvalue weighted by atomic mass is 9.99. The van der Waals surface area contributed by atoms with E-state index >= 15 is 0 Å². The molecule has 8 nitrogen and oxygen atoms in total. The Balaban J connectivity index is 1.69. The summed E-state index contributed by atoms with van der Waals surface area (Å²) < 4.78 is 34.8. The Labute approximate surface area is 218 Å². The maximum absolute atomic E-state index is 14.8. The average Bonchev–Trinajstić information content (AvgIpc) is 3.64. The molecule has 0 aromatic heterocycles. The molecular weight excluding hydrogens is 498 g/mol. The summed E-state index contributed by atoms with van der Waals surface area (Å²) in [6.45, 7) is 2.13. The van der Waals surface area contributed by atoms with Crippen LogP contribution in [0.2, 0.25) is 0 Å². The van der Waals surface area contributed by atoms with Crippen molar-refractivity contribution < 1.29 is 18.3 Å². The highest BCUT2D eigenvalue weighted by Crippen LogP contribution is 2.51. The van der Waals surface area contributed by atoms with Gasteiger partial charge < -0.3 is 10.1 Å². The average molecular weight is 527 g/mol. The van der Waals surface area contributed by atoms with Gasteiger partial charge in [0.2, 0.25) is 5.96 Å². The fourth-order valence-corrected chi connectivity index (χ4v) is 5.49. The molecule has 2 atom stereocenters. The SMILES string of the molecule is CN=C(NC#N)NCCCC1(c2ccccc2)SC(c2cc(F)ccc2F)=NN1C(=O)C(C)OC1CC1. The zero-order valence-corrected chi connectivity index (χ0v) is 21.4. The Morgan fingerprint density at radius 2 is 2.08 bits per heavy atom. The quantitative estimate of drug-likeness (QED) is 0.168. The first-order valence-corrected chi connectivity index (χ1v) is 12.8. The number of hydrogen-bond donors (Lipinski definition) is 2. The summed E-state index contributed by atoms with van der Waals surface area (Å²) >= 11 is 1.22.